The molecule has 0 saturated carbocycles. The molecule has 3 nitrogen and oxygen atoms in total. The summed E-state index contributed by atoms with van der Waals surface area (Å²) in [5, 5.41) is 0. The first-order valence-corrected chi connectivity index (χ1v) is 7.21. The van der Waals surface area contributed by atoms with E-state index in [4.69, 9.17) is 9.79 Å². The minimum atomic E-state index is -3.96. The lowest BCUT2D eigenvalue weighted by atomic mass is 9.86. The fourth-order valence-electron chi connectivity index (χ4n) is 1.63. The van der Waals surface area contributed by atoms with E-state index in [-0.39, 0.29) is 10.2 Å². The van der Waals surface area contributed by atoms with E-state index >= 15 is 0 Å². The Bertz CT molecular complexity index is 214. The molecule has 0 aliphatic carbocycles. The maximum Gasteiger partial charge on any atom is 0.384 e. The Kier molecular flexibility index (Phi) is 4.08. The second kappa shape index (κ2) is 3.93. The van der Waals surface area contributed by atoms with Crippen molar-refractivity contribution in [1.29, 1.82) is 0 Å². The topological polar surface area (TPSA) is 57.5 Å². The van der Waals surface area contributed by atoms with Crippen molar-refractivity contribution in [3.8, 4) is 0 Å². The molecular weight excluding hydrogens is 207 g/mol. The van der Waals surface area contributed by atoms with Crippen molar-refractivity contribution >= 4 is 18.2 Å². The Hall–Kier alpha value is 0.500. The molecule has 0 fully saturated rings. The van der Waals surface area contributed by atoms with E-state index in [1.54, 1.807) is 0 Å². The highest BCUT2D eigenvalue weighted by Gasteiger charge is 2.32. The van der Waals surface area contributed by atoms with Gasteiger partial charge in [0.05, 0.1) is 0 Å². The van der Waals surface area contributed by atoms with Crippen LogP contribution in [0.4, 0.5) is 0 Å². The summed E-state index contributed by atoms with van der Waals surface area (Å²) in [6, 6.07) is 0. The maximum absolute atomic E-state index is 10.8. The molecule has 13 heavy (non-hydrogen) atoms. The molecule has 0 radical (unpaired) electrons. The van der Waals surface area contributed by atoms with Crippen LogP contribution in [-0.4, -0.2) is 14.5 Å². The van der Waals surface area contributed by atoms with Gasteiger partial charge in [-0.05, 0) is 23.2 Å². The molecular formula is C8H19O3PS. The molecule has 0 aliphatic rings. The van der Waals surface area contributed by atoms with Crippen molar-refractivity contribution in [3.05, 3.63) is 0 Å². The van der Waals surface area contributed by atoms with E-state index in [2.05, 4.69) is 20.8 Å². The quantitative estimate of drug-likeness (QED) is 0.726. The summed E-state index contributed by atoms with van der Waals surface area (Å²) < 4.78 is 10.4. The van der Waals surface area contributed by atoms with Crippen LogP contribution in [-0.2, 0) is 4.57 Å². The Labute approximate surface area is 84.2 Å². The predicted molar refractivity (Wildman–Crippen MR) is 57.8 cm³/mol. The smallest absolute Gasteiger partial charge is 0.317 e. The van der Waals surface area contributed by atoms with Crippen molar-refractivity contribution in [2.45, 2.75) is 45.8 Å². The van der Waals surface area contributed by atoms with Crippen LogP contribution in [0.3, 0.4) is 0 Å². The van der Waals surface area contributed by atoms with E-state index in [9.17, 15) is 4.57 Å². The summed E-state index contributed by atoms with van der Waals surface area (Å²) in [5.74, 6) is 0. The molecule has 0 aromatic carbocycles. The molecule has 0 unspecified atom stereocenters. The second-order valence-electron chi connectivity index (χ2n) is 5.08. The van der Waals surface area contributed by atoms with Gasteiger partial charge in [0.1, 0.15) is 0 Å². The average Bonchev–Trinajstić information content (AvgIpc) is 1.43. The van der Waals surface area contributed by atoms with Gasteiger partial charge in [-0.3, -0.25) is 0 Å². The zero-order valence-electron chi connectivity index (χ0n) is 8.87. The molecule has 2 N–H and O–H groups in total. The van der Waals surface area contributed by atoms with Crippen LogP contribution in [0.1, 0.15) is 41.0 Å². The molecule has 0 aromatic heterocycles. The highest BCUT2D eigenvalue weighted by Crippen LogP contribution is 2.58. The van der Waals surface area contributed by atoms with Crippen molar-refractivity contribution in [2.24, 2.45) is 5.41 Å². The van der Waals surface area contributed by atoms with E-state index in [1.165, 1.54) is 0 Å². The van der Waals surface area contributed by atoms with Gasteiger partial charge in [0.2, 0.25) is 0 Å². The van der Waals surface area contributed by atoms with Gasteiger partial charge < -0.3 is 9.79 Å². The highest BCUT2D eigenvalue weighted by molar-refractivity contribution is 8.55. The molecule has 0 atom stereocenters. The maximum atomic E-state index is 10.8. The summed E-state index contributed by atoms with van der Waals surface area (Å²) in [6.07, 6.45) is 0.774. The van der Waals surface area contributed by atoms with Crippen molar-refractivity contribution in [3.63, 3.8) is 0 Å². The molecule has 0 spiro atoms. The zero-order valence-corrected chi connectivity index (χ0v) is 10.6. The molecule has 0 aromatic rings. The fraction of sp³-hybridized carbons (Fsp3) is 1.00. The second-order valence-corrected chi connectivity index (χ2v) is 9.32. The first-order valence-electron chi connectivity index (χ1n) is 4.18. The van der Waals surface area contributed by atoms with Crippen LogP contribution >= 0.6 is 18.2 Å². The van der Waals surface area contributed by atoms with Gasteiger partial charge in [0.25, 0.3) is 0 Å². The van der Waals surface area contributed by atoms with Gasteiger partial charge in [-0.1, -0.05) is 34.6 Å². The molecule has 0 aliphatic heterocycles. The lowest BCUT2D eigenvalue weighted by Gasteiger charge is -2.31. The van der Waals surface area contributed by atoms with Crippen molar-refractivity contribution in [1.82, 2.24) is 0 Å². The van der Waals surface area contributed by atoms with Gasteiger partial charge in [-0.2, -0.15) is 0 Å². The van der Waals surface area contributed by atoms with Crippen LogP contribution in [0.5, 0.6) is 0 Å². The third-order valence-corrected chi connectivity index (χ3v) is 4.39. The summed E-state index contributed by atoms with van der Waals surface area (Å²) in [6.45, 7) is 5.96. The van der Waals surface area contributed by atoms with Gasteiger partial charge in [0, 0.05) is 4.75 Å². The van der Waals surface area contributed by atoms with Crippen LogP contribution in [0, 0.1) is 5.41 Å². The standard InChI is InChI=1S/C8H19O3PS/c1-7(2,3)6-8(4,5)13-12(9,10)11/h6H2,1-5H3,(H2,9,10,11). The molecule has 0 bridgehead atoms. The van der Waals surface area contributed by atoms with Crippen molar-refractivity contribution in [2.75, 3.05) is 0 Å². The SMILES string of the molecule is CC(C)(C)CC(C)(C)SP(=O)(O)O. The molecule has 0 heterocycles. The fourth-order valence-corrected chi connectivity index (χ4v) is 4.90. The number of hydrogen-bond donors (Lipinski definition) is 2. The summed E-state index contributed by atoms with van der Waals surface area (Å²) in [7, 11) is 0. The molecule has 5 heteroatoms. The first kappa shape index (κ1) is 13.5. The average molecular weight is 226 g/mol. The number of rotatable bonds is 3. The first-order chi connectivity index (χ1) is 5.41. The Morgan fingerprint density at radius 3 is 1.77 bits per heavy atom. The van der Waals surface area contributed by atoms with E-state index in [0.29, 0.717) is 0 Å². The molecule has 80 valence electrons. The summed E-state index contributed by atoms with van der Waals surface area (Å²) in [4.78, 5) is 17.6. The zero-order chi connectivity index (χ0) is 10.9. The van der Waals surface area contributed by atoms with Crippen LogP contribution in [0.25, 0.3) is 0 Å². The van der Waals surface area contributed by atoms with Gasteiger partial charge in [0.15, 0.2) is 0 Å². The number of hydrogen-bond acceptors (Lipinski definition) is 2. The monoisotopic (exact) mass is 226 g/mol. The minimum Gasteiger partial charge on any atom is -0.317 e. The normalized spacial score (nSPS) is 14.7. The van der Waals surface area contributed by atoms with E-state index < -0.39 is 6.80 Å². The van der Waals surface area contributed by atoms with Gasteiger partial charge in [-0.15, -0.1) is 0 Å². The Morgan fingerprint density at radius 1 is 1.15 bits per heavy atom. The molecule has 0 amide bonds. The van der Waals surface area contributed by atoms with Gasteiger partial charge in [-0.25, -0.2) is 4.57 Å². The Balaban J connectivity index is 4.34. The third kappa shape index (κ3) is 8.82. The largest absolute Gasteiger partial charge is 0.384 e. The van der Waals surface area contributed by atoms with E-state index in [0.717, 1.165) is 17.8 Å². The Morgan fingerprint density at radius 2 is 1.54 bits per heavy atom. The van der Waals surface area contributed by atoms with Gasteiger partial charge >= 0.3 is 6.80 Å². The van der Waals surface area contributed by atoms with E-state index in [1.807, 2.05) is 13.8 Å². The third-order valence-electron chi connectivity index (χ3n) is 1.32. The lowest BCUT2D eigenvalue weighted by Crippen LogP contribution is -2.23. The molecule has 0 rings (SSSR count). The van der Waals surface area contributed by atoms with Crippen LogP contribution < -0.4 is 0 Å². The van der Waals surface area contributed by atoms with Crippen molar-refractivity contribution < 1.29 is 14.4 Å². The molecule has 0 saturated heterocycles. The lowest BCUT2D eigenvalue weighted by molar-refractivity contribution is 0.338. The summed E-state index contributed by atoms with van der Waals surface area (Å²) in [5.41, 5.74) is 0.0890. The predicted octanol–water partition coefficient (Wildman–Crippen LogP) is 3.03. The highest BCUT2D eigenvalue weighted by atomic mass is 32.7. The van der Waals surface area contributed by atoms with Crippen LogP contribution in [0.2, 0.25) is 0 Å². The minimum absolute atomic E-state index is 0.0890. The van der Waals surface area contributed by atoms with Crippen LogP contribution in [0.15, 0.2) is 0 Å². The summed E-state index contributed by atoms with van der Waals surface area (Å²) >= 11 is 0.753.